The van der Waals surface area contributed by atoms with Gasteiger partial charge in [0.1, 0.15) is 23.3 Å². The molecule has 0 aliphatic carbocycles. The van der Waals surface area contributed by atoms with E-state index in [2.05, 4.69) is 27.4 Å². The van der Waals surface area contributed by atoms with Gasteiger partial charge in [-0.2, -0.15) is 5.26 Å². The number of benzene rings is 1. The van der Waals surface area contributed by atoms with Crippen molar-refractivity contribution in [3.05, 3.63) is 53.6 Å². The number of nitrogens with one attached hydrogen (secondary N) is 2. The average molecular weight is 433 g/mol. The molecule has 4 rings (SSSR count). The summed E-state index contributed by atoms with van der Waals surface area (Å²) < 4.78 is 19.3. The molecule has 1 aliphatic rings. The molecule has 1 aliphatic heterocycles. The van der Waals surface area contributed by atoms with Gasteiger partial charge in [0, 0.05) is 34.9 Å². The predicted octanol–water partition coefficient (Wildman–Crippen LogP) is 5.05. The minimum Gasteiger partial charge on any atom is -0.496 e. The Morgan fingerprint density at radius 2 is 2.10 bits per heavy atom. The summed E-state index contributed by atoms with van der Waals surface area (Å²) in [6.07, 6.45) is 4.57. The maximum atomic E-state index is 13.9. The van der Waals surface area contributed by atoms with Gasteiger partial charge in [0.2, 0.25) is 0 Å². The Hall–Kier alpha value is -2.59. The molecule has 0 amide bonds. The fraction of sp³-hybridized carbons (Fsp3) is 0.238. The van der Waals surface area contributed by atoms with Gasteiger partial charge in [0.15, 0.2) is 0 Å². The van der Waals surface area contributed by atoms with Crippen molar-refractivity contribution < 1.29 is 9.13 Å². The third-order valence-corrected chi connectivity index (χ3v) is 4.62. The van der Waals surface area contributed by atoms with Crippen LogP contribution in [0.4, 0.5) is 4.39 Å². The number of alkyl halides is 2. The summed E-state index contributed by atoms with van der Waals surface area (Å²) in [5, 5.41) is 13.8. The summed E-state index contributed by atoms with van der Waals surface area (Å²) >= 11 is 9.53. The lowest BCUT2D eigenvalue weighted by Gasteiger charge is -2.12. The lowest BCUT2D eigenvalue weighted by atomic mass is 9.97. The van der Waals surface area contributed by atoms with Crippen LogP contribution < -0.4 is 10.1 Å². The van der Waals surface area contributed by atoms with E-state index in [9.17, 15) is 9.65 Å². The van der Waals surface area contributed by atoms with Gasteiger partial charge in [-0.25, -0.2) is 9.37 Å². The molecular formula is C21H19Cl2FN4O. The molecule has 5 nitrogen and oxygen atoms in total. The maximum absolute atomic E-state index is 13.9. The van der Waals surface area contributed by atoms with E-state index in [-0.39, 0.29) is 11.2 Å². The molecule has 0 unspecified atom stereocenters. The first-order chi connectivity index (χ1) is 14.1. The minimum atomic E-state index is -0.383. The highest BCUT2D eigenvalue weighted by molar-refractivity contribution is 6.40. The highest BCUT2D eigenvalue weighted by Gasteiger charge is 2.19. The molecule has 0 saturated heterocycles. The van der Waals surface area contributed by atoms with Crippen LogP contribution in [0.15, 0.2) is 36.5 Å². The summed E-state index contributed by atoms with van der Waals surface area (Å²) in [7, 11) is 1.53. The molecule has 0 saturated carbocycles. The Balaban J connectivity index is 0.000000755. The number of rotatable bonds is 3. The Bertz CT molecular complexity index is 1090. The van der Waals surface area contributed by atoms with Crippen LogP contribution in [0.3, 0.4) is 0 Å². The molecule has 8 heteroatoms. The number of nitriles is 1. The van der Waals surface area contributed by atoms with Gasteiger partial charge in [-0.1, -0.05) is 6.08 Å². The van der Waals surface area contributed by atoms with E-state index in [4.69, 9.17) is 27.9 Å². The zero-order chi connectivity index (χ0) is 20.8. The molecule has 0 bridgehead atoms. The van der Waals surface area contributed by atoms with Crippen LogP contribution in [0.2, 0.25) is 0 Å². The number of hydrogen-bond donors (Lipinski definition) is 2. The minimum absolute atomic E-state index is 0.194. The fourth-order valence-electron chi connectivity index (χ4n) is 3.37. The van der Waals surface area contributed by atoms with Crippen LogP contribution in [-0.2, 0) is 0 Å². The van der Waals surface area contributed by atoms with E-state index >= 15 is 0 Å². The smallest absolute Gasteiger partial charge is 0.138 e. The number of hydrogen-bond acceptors (Lipinski definition) is 4. The number of ether oxygens (including phenoxy) is 1. The number of halogens is 3. The summed E-state index contributed by atoms with van der Waals surface area (Å²) in [5.41, 5.74) is 4.40. The van der Waals surface area contributed by atoms with Crippen molar-refractivity contribution in [2.45, 2.75) is 6.42 Å². The third-order valence-electron chi connectivity index (χ3n) is 4.62. The van der Waals surface area contributed by atoms with Crippen molar-refractivity contribution in [1.82, 2.24) is 15.3 Å². The lowest BCUT2D eigenvalue weighted by Crippen LogP contribution is -2.20. The van der Waals surface area contributed by atoms with Crippen molar-refractivity contribution in [3.63, 3.8) is 0 Å². The number of aromatic amines is 1. The Morgan fingerprint density at radius 1 is 1.31 bits per heavy atom. The van der Waals surface area contributed by atoms with Crippen LogP contribution in [0.1, 0.15) is 17.7 Å². The topological polar surface area (TPSA) is 73.7 Å². The molecule has 2 N–H and O–H groups in total. The highest BCUT2D eigenvalue weighted by Crippen LogP contribution is 2.38. The van der Waals surface area contributed by atoms with Crippen LogP contribution in [0.25, 0.3) is 27.7 Å². The van der Waals surface area contributed by atoms with E-state index in [0.29, 0.717) is 28.1 Å². The zero-order valence-corrected chi connectivity index (χ0v) is 17.2. The number of fused-ring (bicyclic) bond motifs is 1. The molecule has 2 aromatic heterocycles. The first kappa shape index (κ1) is 21.1. The van der Waals surface area contributed by atoms with E-state index in [1.54, 1.807) is 6.07 Å². The molecule has 0 atom stereocenters. The van der Waals surface area contributed by atoms with Crippen LogP contribution in [0, 0.1) is 17.1 Å². The average Bonchev–Trinajstić information content (AvgIpc) is 3.18. The van der Waals surface area contributed by atoms with Crippen molar-refractivity contribution in [2.24, 2.45) is 0 Å². The van der Waals surface area contributed by atoms with Crippen LogP contribution in [0.5, 0.6) is 5.75 Å². The SMILES string of the molecule is COc1ccc(F)cc1-c1c(C#N)cnc2[nH]c(C3=CCNCC3)cc12.ClCCl. The highest BCUT2D eigenvalue weighted by atomic mass is 35.5. The van der Waals surface area contributed by atoms with Gasteiger partial charge < -0.3 is 15.0 Å². The van der Waals surface area contributed by atoms with E-state index < -0.39 is 0 Å². The number of pyridine rings is 1. The van der Waals surface area contributed by atoms with Crippen LogP contribution in [-0.4, -0.2) is 35.5 Å². The molecular weight excluding hydrogens is 414 g/mol. The fourth-order valence-corrected chi connectivity index (χ4v) is 3.37. The number of methoxy groups -OCH3 is 1. The lowest BCUT2D eigenvalue weighted by molar-refractivity contribution is 0.415. The van der Waals surface area contributed by atoms with Crippen molar-refractivity contribution >= 4 is 39.8 Å². The quantitative estimate of drug-likeness (QED) is 0.568. The first-order valence-corrected chi connectivity index (χ1v) is 9.97. The Labute approximate surface area is 178 Å². The van der Waals surface area contributed by atoms with Gasteiger partial charge in [-0.3, -0.25) is 0 Å². The molecule has 29 heavy (non-hydrogen) atoms. The number of H-pyrrole nitrogens is 1. The summed E-state index contributed by atoms with van der Waals surface area (Å²) in [4.78, 5) is 7.70. The number of nitrogens with zero attached hydrogens (tertiary/aromatic N) is 2. The molecule has 150 valence electrons. The van der Waals surface area contributed by atoms with Crippen molar-refractivity contribution in [1.29, 1.82) is 5.26 Å². The predicted molar refractivity (Wildman–Crippen MR) is 115 cm³/mol. The van der Waals surface area contributed by atoms with E-state index in [1.807, 2.05) is 6.07 Å². The second kappa shape index (κ2) is 9.75. The zero-order valence-electron chi connectivity index (χ0n) is 15.7. The Morgan fingerprint density at radius 3 is 2.76 bits per heavy atom. The standard InChI is InChI=1S/C20H17FN4O.CH2Cl2/c1-26-18-3-2-14(21)8-15(18)19-13(10-22)11-24-20-16(19)9-17(25-20)12-4-6-23-7-5-12;2-1-3/h2-4,8-9,11,23H,5-7H2,1H3,(H,24,25);1H2. The molecule has 3 aromatic rings. The molecule has 1 aromatic carbocycles. The molecule has 0 fully saturated rings. The monoisotopic (exact) mass is 432 g/mol. The van der Waals surface area contributed by atoms with Crippen molar-refractivity contribution in [3.8, 4) is 22.9 Å². The van der Waals surface area contributed by atoms with Gasteiger partial charge in [-0.05, 0) is 42.8 Å². The summed E-state index contributed by atoms with van der Waals surface area (Å²) in [6.45, 7) is 1.74. The van der Waals surface area contributed by atoms with Crippen molar-refractivity contribution in [2.75, 3.05) is 25.5 Å². The molecule has 3 heterocycles. The van der Waals surface area contributed by atoms with Gasteiger partial charge in [0.25, 0.3) is 0 Å². The molecule has 0 spiro atoms. The summed E-state index contributed by atoms with van der Waals surface area (Å²) in [5.74, 6) is 0.130. The van der Waals surface area contributed by atoms with Gasteiger partial charge >= 0.3 is 0 Å². The second-order valence-corrected chi connectivity index (χ2v) is 7.04. The second-order valence-electron chi connectivity index (χ2n) is 6.23. The normalized spacial score (nSPS) is 13.3. The first-order valence-electron chi connectivity index (χ1n) is 8.90. The van der Waals surface area contributed by atoms with Gasteiger partial charge in [-0.15, -0.1) is 23.2 Å². The third kappa shape index (κ3) is 4.54. The van der Waals surface area contributed by atoms with E-state index in [0.717, 1.165) is 30.6 Å². The molecule has 0 radical (unpaired) electrons. The summed E-state index contributed by atoms with van der Waals surface area (Å²) in [6, 6.07) is 8.46. The number of aromatic nitrogens is 2. The van der Waals surface area contributed by atoms with Crippen LogP contribution >= 0.6 is 23.2 Å². The maximum Gasteiger partial charge on any atom is 0.138 e. The van der Waals surface area contributed by atoms with E-state index in [1.165, 1.54) is 31.0 Å². The van der Waals surface area contributed by atoms with Gasteiger partial charge in [0.05, 0.1) is 18.0 Å². The largest absolute Gasteiger partial charge is 0.496 e. The Kier molecular flexibility index (Phi) is 7.10.